The number of nitrogens with two attached hydrogens (primary N) is 1. The Hall–Kier alpha value is -1.59. The van der Waals surface area contributed by atoms with Crippen LogP contribution in [0.15, 0.2) is 24.3 Å². The van der Waals surface area contributed by atoms with Crippen molar-refractivity contribution in [3.8, 4) is 5.75 Å². The summed E-state index contributed by atoms with van der Waals surface area (Å²) in [6.45, 7) is 4.51. The fraction of sp³-hybridized carbons (Fsp3) is 0.333. The molecule has 0 fully saturated rings. The van der Waals surface area contributed by atoms with Gasteiger partial charge in [-0.1, -0.05) is 0 Å². The molecule has 5 heteroatoms. The summed E-state index contributed by atoms with van der Waals surface area (Å²) in [5.41, 5.74) is 7.37. The zero-order chi connectivity index (χ0) is 14.7. The Morgan fingerprint density at radius 2 is 2.10 bits per heavy atom. The van der Waals surface area contributed by atoms with Crippen molar-refractivity contribution in [1.82, 2.24) is 0 Å². The minimum atomic E-state index is -0.311. The average molecular weight is 294 g/mol. The molecule has 0 radical (unpaired) electrons. The third-order valence-electron chi connectivity index (χ3n) is 3.19. The van der Waals surface area contributed by atoms with Crippen LogP contribution in [-0.2, 0) is 0 Å². The molecule has 1 aromatic heterocycles. The molecule has 1 unspecified atom stereocenters. The summed E-state index contributed by atoms with van der Waals surface area (Å²) in [5.74, 6) is 0.303. The minimum absolute atomic E-state index is 0.110. The number of ether oxygens (including phenoxy) is 1. The van der Waals surface area contributed by atoms with Crippen LogP contribution in [0.4, 0.5) is 10.1 Å². The van der Waals surface area contributed by atoms with Gasteiger partial charge in [-0.15, -0.1) is 11.3 Å². The summed E-state index contributed by atoms with van der Waals surface area (Å²) in [6.07, 6.45) is 0. The van der Waals surface area contributed by atoms with E-state index in [1.54, 1.807) is 30.6 Å². The molecule has 1 aromatic carbocycles. The van der Waals surface area contributed by atoms with Crippen molar-refractivity contribution in [3.63, 3.8) is 0 Å². The van der Waals surface area contributed by atoms with Crippen molar-refractivity contribution < 1.29 is 9.13 Å². The lowest BCUT2D eigenvalue weighted by atomic mass is 10.1. The third-order valence-corrected chi connectivity index (χ3v) is 4.18. The zero-order valence-electron chi connectivity index (χ0n) is 11.9. The molecule has 3 N–H and O–H groups in total. The molecule has 108 valence electrons. The van der Waals surface area contributed by atoms with E-state index in [1.807, 2.05) is 0 Å². The molecule has 0 saturated carbocycles. The third kappa shape index (κ3) is 3.11. The second-order valence-electron chi connectivity index (χ2n) is 4.65. The molecule has 0 spiro atoms. The van der Waals surface area contributed by atoms with Crippen molar-refractivity contribution in [2.75, 3.05) is 19.0 Å². The number of anilines is 1. The van der Waals surface area contributed by atoms with Crippen LogP contribution in [0.3, 0.4) is 0 Å². The Labute approximate surface area is 122 Å². The summed E-state index contributed by atoms with van der Waals surface area (Å²) in [7, 11) is 1.56. The molecule has 0 bridgehead atoms. The first-order chi connectivity index (χ1) is 9.55. The topological polar surface area (TPSA) is 47.3 Å². The maximum atomic E-state index is 13.9. The van der Waals surface area contributed by atoms with E-state index >= 15 is 0 Å². The van der Waals surface area contributed by atoms with Gasteiger partial charge < -0.3 is 15.8 Å². The van der Waals surface area contributed by atoms with Gasteiger partial charge in [-0.05, 0) is 37.6 Å². The molecular formula is C15H19FN2OS. The van der Waals surface area contributed by atoms with Crippen LogP contribution >= 0.6 is 11.3 Å². The fourth-order valence-electron chi connectivity index (χ4n) is 2.19. The highest BCUT2D eigenvalue weighted by molar-refractivity contribution is 7.12. The molecule has 2 aromatic rings. The fourth-order valence-corrected chi connectivity index (χ4v) is 3.18. The van der Waals surface area contributed by atoms with Crippen molar-refractivity contribution in [2.24, 2.45) is 5.73 Å². The maximum Gasteiger partial charge on any atom is 0.146 e. The molecule has 3 nitrogen and oxygen atoms in total. The number of halogens is 1. The van der Waals surface area contributed by atoms with Crippen LogP contribution in [0.25, 0.3) is 0 Å². The highest BCUT2D eigenvalue weighted by atomic mass is 32.1. The Balaban J connectivity index is 2.28. The quantitative estimate of drug-likeness (QED) is 0.885. The second kappa shape index (κ2) is 6.24. The lowest BCUT2D eigenvalue weighted by Gasteiger charge is -2.19. The monoisotopic (exact) mass is 294 g/mol. The lowest BCUT2D eigenvalue weighted by Crippen LogP contribution is -2.21. The van der Waals surface area contributed by atoms with Gasteiger partial charge in [-0.25, -0.2) is 4.39 Å². The summed E-state index contributed by atoms with van der Waals surface area (Å²) < 4.78 is 19.0. The SMILES string of the molecule is COc1ccc(F)c(NC(CN)c2cc(C)sc2C)c1. The minimum Gasteiger partial charge on any atom is -0.497 e. The Kier molecular flexibility index (Phi) is 4.62. The molecule has 0 aliphatic rings. The van der Waals surface area contributed by atoms with Gasteiger partial charge >= 0.3 is 0 Å². The summed E-state index contributed by atoms with van der Waals surface area (Å²) in [4.78, 5) is 2.43. The van der Waals surface area contributed by atoms with Crippen LogP contribution < -0.4 is 15.8 Å². The van der Waals surface area contributed by atoms with Gasteiger partial charge in [-0.2, -0.15) is 0 Å². The summed E-state index contributed by atoms with van der Waals surface area (Å²) in [6, 6.07) is 6.62. The van der Waals surface area contributed by atoms with Gasteiger partial charge in [0, 0.05) is 22.4 Å². The van der Waals surface area contributed by atoms with E-state index < -0.39 is 0 Å². The normalized spacial score (nSPS) is 12.2. The second-order valence-corrected chi connectivity index (χ2v) is 6.11. The van der Waals surface area contributed by atoms with E-state index in [-0.39, 0.29) is 11.9 Å². The molecule has 0 saturated heterocycles. The number of nitrogens with one attached hydrogen (secondary N) is 1. The van der Waals surface area contributed by atoms with E-state index in [1.165, 1.54) is 15.8 Å². The van der Waals surface area contributed by atoms with Gasteiger partial charge in [0.2, 0.25) is 0 Å². The summed E-state index contributed by atoms with van der Waals surface area (Å²) in [5, 5.41) is 3.17. The largest absolute Gasteiger partial charge is 0.497 e. The number of thiophene rings is 1. The Morgan fingerprint density at radius 1 is 1.35 bits per heavy atom. The van der Waals surface area contributed by atoms with Crippen LogP contribution in [0.5, 0.6) is 5.75 Å². The van der Waals surface area contributed by atoms with Crippen molar-refractivity contribution in [1.29, 1.82) is 0 Å². The molecule has 0 amide bonds. The lowest BCUT2D eigenvalue weighted by molar-refractivity contribution is 0.414. The molecule has 2 rings (SSSR count). The Morgan fingerprint density at radius 3 is 2.65 bits per heavy atom. The van der Waals surface area contributed by atoms with Gasteiger partial charge in [0.25, 0.3) is 0 Å². The standard InChI is InChI=1S/C15H19FN2OS/c1-9-6-12(10(2)20-9)15(8-17)18-14-7-11(19-3)4-5-13(14)16/h4-7,15,18H,8,17H2,1-3H3. The average Bonchev–Trinajstić information content (AvgIpc) is 2.76. The van der Waals surface area contributed by atoms with Crippen LogP contribution in [-0.4, -0.2) is 13.7 Å². The smallest absolute Gasteiger partial charge is 0.146 e. The van der Waals surface area contributed by atoms with Crippen molar-refractivity contribution >= 4 is 17.0 Å². The van der Waals surface area contributed by atoms with Crippen LogP contribution in [0.1, 0.15) is 21.4 Å². The van der Waals surface area contributed by atoms with Crippen molar-refractivity contribution in [2.45, 2.75) is 19.9 Å². The molecule has 1 atom stereocenters. The van der Waals surface area contributed by atoms with E-state index in [9.17, 15) is 4.39 Å². The highest BCUT2D eigenvalue weighted by Gasteiger charge is 2.16. The van der Waals surface area contributed by atoms with E-state index in [2.05, 4.69) is 25.2 Å². The number of hydrogen-bond donors (Lipinski definition) is 2. The Bertz CT molecular complexity index is 598. The number of methoxy groups -OCH3 is 1. The van der Waals surface area contributed by atoms with Gasteiger partial charge in [0.05, 0.1) is 18.8 Å². The number of benzene rings is 1. The number of aryl methyl sites for hydroxylation is 2. The maximum absolute atomic E-state index is 13.9. The predicted molar refractivity (Wildman–Crippen MR) is 82.2 cm³/mol. The van der Waals surface area contributed by atoms with Gasteiger partial charge in [0.15, 0.2) is 0 Å². The van der Waals surface area contributed by atoms with E-state index in [0.717, 1.165) is 5.56 Å². The van der Waals surface area contributed by atoms with Crippen molar-refractivity contribution in [3.05, 3.63) is 45.4 Å². The van der Waals surface area contributed by atoms with Gasteiger partial charge in [-0.3, -0.25) is 0 Å². The highest BCUT2D eigenvalue weighted by Crippen LogP contribution is 2.30. The van der Waals surface area contributed by atoms with Crippen LogP contribution in [0.2, 0.25) is 0 Å². The summed E-state index contributed by atoms with van der Waals surface area (Å²) >= 11 is 1.72. The number of hydrogen-bond acceptors (Lipinski definition) is 4. The van der Waals surface area contributed by atoms with Gasteiger partial charge in [0.1, 0.15) is 11.6 Å². The predicted octanol–water partition coefficient (Wildman–Crippen LogP) is 3.62. The molecular weight excluding hydrogens is 275 g/mol. The molecule has 0 aliphatic carbocycles. The molecule has 1 heterocycles. The first-order valence-electron chi connectivity index (χ1n) is 6.42. The van der Waals surface area contributed by atoms with Crippen LogP contribution in [0, 0.1) is 19.7 Å². The first-order valence-corrected chi connectivity index (χ1v) is 7.24. The molecule has 20 heavy (non-hydrogen) atoms. The first kappa shape index (κ1) is 14.8. The molecule has 0 aliphatic heterocycles. The van der Waals surface area contributed by atoms with E-state index in [0.29, 0.717) is 18.0 Å². The number of rotatable bonds is 5. The van der Waals surface area contributed by atoms with E-state index in [4.69, 9.17) is 10.5 Å². The zero-order valence-corrected chi connectivity index (χ0v) is 12.7.